The second-order valence-corrected chi connectivity index (χ2v) is 4.07. The van der Waals surface area contributed by atoms with E-state index in [0.29, 0.717) is 10.0 Å². The van der Waals surface area contributed by atoms with Crippen LogP contribution in [0.2, 0.25) is 10.0 Å². The molecule has 0 amide bonds. The third-order valence-corrected chi connectivity index (χ3v) is 2.90. The molecule has 0 aromatic heterocycles. The zero-order valence-corrected chi connectivity index (χ0v) is 9.39. The third kappa shape index (κ3) is 2.25. The normalized spacial score (nSPS) is 10.3. The molecule has 2 aromatic carbocycles. The van der Waals surface area contributed by atoms with Crippen LogP contribution in [0.5, 0.6) is 0 Å². The van der Waals surface area contributed by atoms with Crippen LogP contribution in [0.3, 0.4) is 0 Å². The Morgan fingerprint density at radius 1 is 0.733 bits per heavy atom. The van der Waals surface area contributed by atoms with Crippen LogP contribution >= 0.6 is 23.2 Å². The lowest BCUT2D eigenvalue weighted by Crippen LogP contribution is -1.84. The number of hydrogen-bond acceptors (Lipinski definition) is 1. The molecule has 0 heterocycles. The summed E-state index contributed by atoms with van der Waals surface area (Å²) >= 11 is 11.8. The Hall–Kier alpha value is -1.18. The van der Waals surface area contributed by atoms with Crippen molar-refractivity contribution in [3.05, 3.63) is 52.5 Å². The molecule has 0 aliphatic carbocycles. The van der Waals surface area contributed by atoms with Crippen LogP contribution in [0, 0.1) is 0 Å². The molecule has 0 saturated carbocycles. The molecule has 0 bridgehead atoms. The molecule has 76 valence electrons. The summed E-state index contributed by atoms with van der Waals surface area (Å²) in [5.41, 5.74) is 8.46. The third-order valence-electron chi connectivity index (χ3n) is 2.16. The minimum absolute atomic E-state index is 0.561. The van der Waals surface area contributed by atoms with Gasteiger partial charge in [-0.1, -0.05) is 41.4 Å². The lowest BCUT2D eigenvalue weighted by molar-refractivity contribution is 1.61. The maximum atomic E-state index is 5.94. The zero-order chi connectivity index (χ0) is 10.8. The van der Waals surface area contributed by atoms with Gasteiger partial charge < -0.3 is 5.73 Å². The summed E-state index contributed by atoms with van der Waals surface area (Å²) in [4.78, 5) is 0. The van der Waals surface area contributed by atoms with Gasteiger partial charge in [0, 0.05) is 5.69 Å². The molecule has 1 nitrogen and oxygen atoms in total. The first-order valence-electron chi connectivity index (χ1n) is 4.48. The highest BCUT2D eigenvalue weighted by atomic mass is 35.5. The average molecular weight is 238 g/mol. The fourth-order valence-corrected chi connectivity index (χ4v) is 1.65. The van der Waals surface area contributed by atoms with E-state index in [1.807, 2.05) is 36.4 Å². The highest BCUT2D eigenvalue weighted by molar-refractivity contribution is 6.42. The average Bonchev–Trinajstić information content (AvgIpc) is 2.23. The van der Waals surface area contributed by atoms with Crippen LogP contribution in [0.1, 0.15) is 0 Å². The monoisotopic (exact) mass is 237 g/mol. The Morgan fingerprint density at radius 2 is 1.33 bits per heavy atom. The molecule has 0 atom stereocenters. The van der Waals surface area contributed by atoms with Gasteiger partial charge in [-0.3, -0.25) is 0 Å². The second-order valence-electron chi connectivity index (χ2n) is 3.25. The van der Waals surface area contributed by atoms with Crippen molar-refractivity contribution in [1.82, 2.24) is 0 Å². The van der Waals surface area contributed by atoms with E-state index >= 15 is 0 Å². The summed E-state index contributed by atoms with van der Waals surface area (Å²) in [6, 6.07) is 13.2. The first-order valence-corrected chi connectivity index (χ1v) is 5.23. The molecule has 2 N–H and O–H groups in total. The van der Waals surface area contributed by atoms with Crippen LogP contribution in [0.4, 0.5) is 5.69 Å². The van der Waals surface area contributed by atoms with Crippen LogP contribution in [0.25, 0.3) is 11.1 Å². The van der Waals surface area contributed by atoms with E-state index < -0.39 is 0 Å². The smallest absolute Gasteiger partial charge is 0.0598 e. The molecule has 0 aliphatic rings. The van der Waals surface area contributed by atoms with Gasteiger partial charge in [0.15, 0.2) is 0 Å². The van der Waals surface area contributed by atoms with E-state index in [1.165, 1.54) is 0 Å². The molecule has 0 aliphatic heterocycles. The van der Waals surface area contributed by atoms with Crippen LogP contribution < -0.4 is 5.73 Å². The Morgan fingerprint density at radius 3 is 1.93 bits per heavy atom. The van der Waals surface area contributed by atoms with Gasteiger partial charge >= 0.3 is 0 Å². The number of nitrogen functional groups attached to an aromatic ring is 1. The van der Waals surface area contributed by atoms with E-state index in [1.54, 1.807) is 6.07 Å². The standard InChI is InChI=1S/C12H9Cl2N/c13-11-6-3-9(7-12(11)14)8-1-4-10(15)5-2-8/h1-7H,15H2. The largest absolute Gasteiger partial charge is 0.399 e. The minimum atomic E-state index is 0.561. The quantitative estimate of drug-likeness (QED) is 0.738. The molecule has 0 saturated heterocycles. The number of nitrogens with two attached hydrogens (primary N) is 1. The number of rotatable bonds is 1. The molecule has 0 unspecified atom stereocenters. The van der Waals surface area contributed by atoms with Crippen molar-refractivity contribution in [2.75, 3.05) is 5.73 Å². The first-order chi connectivity index (χ1) is 7.16. The summed E-state index contributed by atoms with van der Waals surface area (Å²) in [5.74, 6) is 0. The molecule has 0 spiro atoms. The van der Waals surface area contributed by atoms with Gasteiger partial charge in [-0.05, 0) is 35.4 Å². The van der Waals surface area contributed by atoms with E-state index in [9.17, 15) is 0 Å². The number of hydrogen-bond donors (Lipinski definition) is 1. The maximum absolute atomic E-state index is 5.94. The zero-order valence-electron chi connectivity index (χ0n) is 7.87. The van der Waals surface area contributed by atoms with E-state index in [-0.39, 0.29) is 0 Å². The molecule has 0 radical (unpaired) electrons. The Kier molecular flexibility index (Phi) is 2.85. The summed E-state index contributed by atoms with van der Waals surface area (Å²) < 4.78 is 0. The van der Waals surface area contributed by atoms with Gasteiger partial charge in [0.25, 0.3) is 0 Å². The van der Waals surface area contributed by atoms with Crippen molar-refractivity contribution in [2.24, 2.45) is 0 Å². The lowest BCUT2D eigenvalue weighted by Gasteiger charge is -2.03. The summed E-state index contributed by atoms with van der Waals surface area (Å²) in [6.45, 7) is 0. The fourth-order valence-electron chi connectivity index (χ4n) is 1.35. The van der Waals surface area contributed by atoms with Crippen molar-refractivity contribution in [1.29, 1.82) is 0 Å². The summed E-state index contributed by atoms with van der Waals surface area (Å²) in [5, 5.41) is 1.13. The van der Waals surface area contributed by atoms with Gasteiger partial charge in [-0.15, -0.1) is 0 Å². The van der Waals surface area contributed by atoms with Gasteiger partial charge in [-0.25, -0.2) is 0 Å². The maximum Gasteiger partial charge on any atom is 0.0598 e. The molecule has 2 aromatic rings. The number of halogens is 2. The van der Waals surface area contributed by atoms with E-state index in [0.717, 1.165) is 16.8 Å². The summed E-state index contributed by atoms with van der Waals surface area (Å²) in [7, 11) is 0. The minimum Gasteiger partial charge on any atom is -0.399 e. The SMILES string of the molecule is Nc1ccc(-c2ccc(Cl)c(Cl)c2)cc1. The predicted molar refractivity (Wildman–Crippen MR) is 66.3 cm³/mol. The molecular weight excluding hydrogens is 229 g/mol. The van der Waals surface area contributed by atoms with Crippen molar-refractivity contribution in [3.8, 4) is 11.1 Å². The molecule has 3 heteroatoms. The first kappa shape index (κ1) is 10.3. The highest BCUT2D eigenvalue weighted by Gasteiger charge is 2.01. The topological polar surface area (TPSA) is 26.0 Å². The van der Waals surface area contributed by atoms with Crippen LogP contribution in [-0.4, -0.2) is 0 Å². The van der Waals surface area contributed by atoms with Crippen molar-refractivity contribution < 1.29 is 0 Å². The molecule has 2 rings (SSSR count). The van der Waals surface area contributed by atoms with Crippen LogP contribution in [-0.2, 0) is 0 Å². The highest BCUT2D eigenvalue weighted by Crippen LogP contribution is 2.28. The van der Waals surface area contributed by atoms with E-state index in [4.69, 9.17) is 28.9 Å². The fraction of sp³-hybridized carbons (Fsp3) is 0. The Balaban J connectivity index is 2.45. The predicted octanol–water partition coefficient (Wildman–Crippen LogP) is 4.24. The number of benzene rings is 2. The van der Waals surface area contributed by atoms with Gasteiger partial charge in [0.05, 0.1) is 10.0 Å². The van der Waals surface area contributed by atoms with Crippen molar-refractivity contribution >= 4 is 28.9 Å². The Labute approximate surface area is 98.4 Å². The molecule has 15 heavy (non-hydrogen) atoms. The molecule has 0 fully saturated rings. The molecular formula is C12H9Cl2N. The summed E-state index contributed by atoms with van der Waals surface area (Å²) in [6.07, 6.45) is 0. The van der Waals surface area contributed by atoms with Crippen LogP contribution in [0.15, 0.2) is 42.5 Å². The van der Waals surface area contributed by atoms with Gasteiger partial charge in [0.2, 0.25) is 0 Å². The second kappa shape index (κ2) is 4.13. The van der Waals surface area contributed by atoms with Crippen molar-refractivity contribution in [3.63, 3.8) is 0 Å². The lowest BCUT2D eigenvalue weighted by atomic mass is 10.1. The van der Waals surface area contributed by atoms with E-state index in [2.05, 4.69) is 0 Å². The Bertz CT molecular complexity index is 477. The number of anilines is 1. The van der Waals surface area contributed by atoms with Gasteiger partial charge in [0.1, 0.15) is 0 Å². The van der Waals surface area contributed by atoms with Gasteiger partial charge in [-0.2, -0.15) is 0 Å². The van der Waals surface area contributed by atoms with Crippen molar-refractivity contribution in [2.45, 2.75) is 0 Å².